The van der Waals surface area contributed by atoms with Crippen LogP contribution in [0.25, 0.3) is 0 Å². The number of halogens is 1. The number of nitrogens with one attached hydrogen (secondary N) is 2. The van der Waals surface area contributed by atoms with Crippen LogP contribution in [-0.2, 0) is 20.7 Å². The van der Waals surface area contributed by atoms with Crippen molar-refractivity contribution < 1.29 is 23.5 Å². The monoisotopic (exact) mass is 530 g/mol. The number of fused-ring (bicyclic) bond motifs is 1. The first kappa shape index (κ1) is 27.5. The molecule has 1 aliphatic heterocycles. The van der Waals surface area contributed by atoms with E-state index in [1.165, 1.54) is 23.1 Å². The molecule has 4 rings (SSSR count). The van der Waals surface area contributed by atoms with Crippen molar-refractivity contribution in [2.75, 3.05) is 11.9 Å². The number of hydrogen-bond acceptors (Lipinski definition) is 5. The van der Waals surface area contributed by atoms with Crippen molar-refractivity contribution in [1.82, 2.24) is 10.6 Å². The Labute approximate surface area is 226 Å². The van der Waals surface area contributed by atoms with Crippen LogP contribution in [0, 0.1) is 5.82 Å². The lowest BCUT2D eigenvalue weighted by Crippen LogP contribution is -2.54. The molecule has 3 aromatic carbocycles. The quantitative estimate of drug-likeness (QED) is 0.499. The van der Waals surface area contributed by atoms with Gasteiger partial charge in [0.1, 0.15) is 17.5 Å². The van der Waals surface area contributed by atoms with Crippen LogP contribution in [0.1, 0.15) is 37.5 Å². The molecule has 2 atom stereocenters. The first-order valence-electron chi connectivity index (χ1n) is 12.6. The molecule has 1 aliphatic rings. The first-order chi connectivity index (χ1) is 18.5. The Morgan fingerprint density at radius 1 is 1.00 bits per heavy atom. The van der Waals surface area contributed by atoms with Crippen molar-refractivity contribution >= 4 is 29.3 Å². The predicted octanol–water partition coefficient (Wildman–Crippen LogP) is 4.22. The largest absolute Gasteiger partial charge is 0.444 e. The highest BCUT2D eigenvalue weighted by atomic mass is 19.1. The zero-order valence-corrected chi connectivity index (χ0v) is 22.3. The van der Waals surface area contributed by atoms with Gasteiger partial charge in [-0.25, -0.2) is 14.2 Å². The van der Waals surface area contributed by atoms with E-state index in [2.05, 4.69) is 15.6 Å². The number of nitrogens with zero attached hydrogens (tertiary/aromatic N) is 2. The standard InChI is InChI=1S/C30H31FN4O4/c1-30(2,3)39-29(38)32-23(18-20-14-8-10-16-22(20)31)27(36)34-26-28(37)35(4)24-17-11-9-15-21(24)25(33-26)19-12-6-5-7-13-19/h5-17,23,26H,18H2,1-4H3,(H,32,38)(H,34,36)/t23-,26+/m1/s1. The molecule has 2 N–H and O–H groups in total. The fourth-order valence-electron chi connectivity index (χ4n) is 4.22. The number of hydrogen-bond donors (Lipinski definition) is 2. The molecule has 9 heteroatoms. The van der Waals surface area contributed by atoms with Crippen LogP contribution in [0.5, 0.6) is 0 Å². The molecule has 8 nitrogen and oxygen atoms in total. The zero-order chi connectivity index (χ0) is 28.2. The fraction of sp³-hybridized carbons (Fsp3) is 0.267. The van der Waals surface area contributed by atoms with Gasteiger partial charge in [0, 0.05) is 24.6 Å². The molecule has 0 saturated carbocycles. The first-order valence-corrected chi connectivity index (χ1v) is 12.6. The van der Waals surface area contributed by atoms with Crippen molar-refractivity contribution in [2.45, 2.75) is 45.0 Å². The molecule has 3 amide bonds. The average molecular weight is 531 g/mol. The molecular weight excluding hydrogens is 499 g/mol. The normalized spacial score (nSPS) is 15.9. The molecule has 0 unspecified atom stereocenters. The maximum atomic E-state index is 14.5. The molecular formula is C30H31FN4O4. The van der Waals surface area contributed by atoms with Gasteiger partial charge in [-0.3, -0.25) is 9.59 Å². The number of amides is 3. The predicted molar refractivity (Wildman–Crippen MR) is 147 cm³/mol. The van der Waals surface area contributed by atoms with Crippen LogP contribution < -0.4 is 15.5 Å². The van der Waals surface area contributed by atoms with E-state index in [1.54, 1.807) is 40.0 Å². The van der Waals surface area contributed by atoms with Crippen LogP contribution in [-0.4, -0.2) is 48.5 Å². The summed E-state index contributed by atoms with van der Waals surface area (Å²) in [6.45, 7) is 5.07. The molecule has 202 valence electrons. The lowest BCUT2D eigenvalue weighted by Gasteiger charge is -2.25. The van der Waals surface area contributed by atoms with Gasteiger partial charge in [-0.15, -0.1) is 0 Å². The number of benzene rings is 3. The highest BCUT2D eigenvalue weighted by Gasteiger charge is 2.34. The van der Waals surface area contributed by atoms with Crippen molar-refractivity contribution in [2.24, 2.45) is 4.99 Å². The SMILES string of the molecule is CN1C(=O)[C@H](NC(=O)[C@@H](Cc2ccccc2F)NC(=O)OC(C)(C)C)N=C(c2ccccc2)c2ccccc21. The van der Waals surface area contributed by atoms with Gasteiger partial charge in [0.15, 0.2) is 0 Å². The Balaban J connectivity index is 1.68. The second-order valence-electron chi connectivity index (χ2n) is 10.2. The van der Waals surface area contributed by atoms with Crippen molar-refractivity contribution in [3.05, 3.63) is 101 Å². The number of aliphatic imine (C=N–C) groups is 1. The topological polar surface area (TPSA) is 100 Å². The zero-order valence-electron chi connectivity index (χ0n) is 22.3. The summed E-state index contributed by atoms with van der Waals surface area (Å²) in [6, 6.07) is 21.4. The second-order valence-corrected chi connectivity index (χ2v) is 10.2. The van der Waals surface area contributed by atoms with Crippen molar-refractivity contribution in [3.63, 3.8) is 0 Å². The number of carbonyl (C=O) groups is 3. The molecule has 0 aromatic heterocycles. The van der Waals surface area contributed by atoms with E-state index in [9.17, 15) is 18.8 Å². The average Bonchev–Trinajstić information content (AvgIpc) is 2.99. The molecule has 0 bridgehead atoms. The molecule has 0 spiro atoms. The maximum Gasteiger partial charge on any atom is 0.408 e. The van der Waals surface area contributed by atoms with Gasteiger partial charge >= 0.3 is 6.09 Å². The fourth-order valence-corrected chi connectivity index (χ4v) is 4.22. The molecule has 0 radical (unpaired) electrons. The van der Waals surface area contributed by atoms with E-state index in [1.807, 2.05) is 48.5 Å². The number of anilines is 1. The smallest absolute Gasteiger partial charge is 0.408 e. The molecule has 0 saturated heterocycles. The molecule has 1 heterocycles. The number of rotatable bonds is 6. The Bertz CT molecular complexity index is 1400. The van der Waals surface area contributed by atoms with Gasteiger partial charge in [0.2, 0.25) is 12.1 Å². The Morgan fingerprint density at radius 2 is 1.64 bits per heavy atom. The number of alkyl carbamates (subject to hydrolysis) is 1. The summed E-state index contributed by atoms with van der Waals surface area (Å²) in [7, 11) is 1.61. The number of para-hydroxylation sites is 1. The number of ether oxygens (including phenoxy) is 1. The van der Waals surface area contributed by atoms with Crippen LogP contribution in [0.3, 0.4) is 0 Å². The summed E-state index contributed by atoms with van der Waals surface area (Å²) in [4.78, 5) is 45.8. The van der Waals surface area contributed by atoms with Gasteiger partial charge in [0.05, 0.1) is 11.4 Å². The third-order valence-corrected chi connectivity index (χ3v) is 6.06. The molecule has 39 heavy (non-hydrogen) atoms. The van der Waals surface area contributed by atoms with Crippen LogP contribution >= 0.6 is 0 Å². The minimum absolute atomic E-state index is 0.163. The van der Waals surface area contributed by atoms with E-state index in [4.69, 9.17) is 4.74 Å². The highest BCUT2D eigenvalue weighted by molar-refractivity contribution is 6.20. The highest BCUT2D eigenvalue weighted by Crippen LogP contribution is 2.27. The summed E-state index contributed by atoms with van der Waals surface area (Å²) in [5, 5.41) is 5.20. The van der Waals surface area contributed by atoms with Gasteiger partial charge in [0.25, 0.3) is 5.91 Å². The maximum absolute atomic E-state index is 14.5. The van der Waals surface area contributed by atoms with Crippen molar-refractivity contribution in [3.8, 4) is 0 Å². The summed E-state index contributed by atoms with van der Waals surface area (Å²) < 4.78 is 19.8. The molecule has 0 fully saturated rings. The Hall–Kier alpha value is -4.53. The van der Waals surface area contributed by atoms with Gasteiger partial charge in [-0.2, -0.15) is 0 Å². The third kappa shape index (κ3) is 6.67. The molecule has 0 aliphatic carbocycles. The number of carbonyl (C=O) groups excluding carboxylic acids is 3. The van der Waals surface area contributed by atoms with Crippen molar-refractivity contribution in [1.29, 1.82) is 0 Å². The Kier molecular flexibility index (Phi) is 8.09. The lowest BCUT2D eigenvalue weighted by molar-refractivity contribution is -0.128. The minimum Gasteiger partial charge on any atom is -0.444 e. The summed E-state index contributed by atoms with van der Waals surface area (Å²) >= 11 is 0. The number of benzodiazepines with no additional fused rings is 1. The molecule has 3 aromatic rings. The van der Waals surface area contributed by atoms with Gasteiger partial charge < -0.3 is 20.3 Å². The van der Waals surface area contributed by atoms with E-state index in [0.717, 1.165) is 11.1 Å². The van der Waals surface area contributed by atoms with E-state index < -0.39 is 41.5 Å². The van der Waals surface area contributed by atoms with E-state index >= 15 is 0 Å². The van der Waals surface area contributed by atoms with E-state index in [0.29, 0.717) is 11.4 Å². The van der Waals surface area contributed by atoms with E-state index in [-0.39, 0.29) is 12.0 Å². The van der Waals surface area contributed by atoms with Gasteiger partial charge in [-0.1, -0.05) is 66.7 Å². The summed E-state index contributed by atoms with van der Waals surface area (Å²) in [5.74, 6) is -1.70. The minimum atomic E-state index is -1.30. The van der Waals surface area contributed by atoms with Crippen LogP contribution in [0.4, 0.5) is 14.9 Å². The second kappa shape index (κ2) is 11.5. The summed E-state index contributed by atoms with van der Waals surface area (Å²) in [5.41, 5.74) is 2.06. The third-order valence-electron chi connectivity index (χ3n) is 6.06. The van der Waals surface area contributed by atoms with Crippen LogP contribution in [0.2, 0.25) is 0 Å². The number of likely N-dealkylation sites (N-methyl/N-ethyl adjacent to an activating group) is 1. The lowest BCUT2D eigenvalue weighted by atomic mass is 10.0. The van der Waals surface area contributed by atoms with Gasteiger partial charge in [-0.05, 0) is 38.5 Å². The summed E-state index contributed by atoms with van der Waals surface area (Å²) in [6.07, 6.45) is -2.30. The Morgan fingerprint density at radius 3 is 2.33 bits per heavy atom. The van der Waals surface area contributed by atoms with Crippen LogP contribution in [0.15, 0.2) is 83.9 Å².